The lowest BCUT2D eigenvalue weighted by molar-refractivity contribution is -0.0832. The van der Waals surface area contributed by atoms with E-state index in [0.29, 0.717) is 5.88 Å². The number of benzene rings is 1. The summed E-state index contributed by atoms with van der Waals surface area (Å²) in [5.41, 5.74) is 2.17. The smallest absolute Gasteiger partial charge is 0.111 e. The number of hydrogen-bond acceptors (Lipinski definition) is 2. The number of imidazole rings is 1. The average Bonchev–Trinajstić information content (AvgIpc) is 2.71. The molecule has 0 unspecified atom stereocenters. The van der Waals surface area contributed by atoms with Crippen LogP contribution in [-0.2, 0) is 17.7 Å². The van der Waals surface area contributed by atoms with Crippen LogP contribution in [0, 0.1) is 0 Å². The number of aryl methyl sites for hydroxylation is 1. The maximum atomic E-state index is 5.93. The number of halogens is 2. The number of rotatable bonds is 5. The minimum atomic E-state index is -0.0121. The van der Waals surface area contributed by atoms with E-state index in [1.54, 1.807) is 0 Å². The quantitative estimate of drug-likeness (QED) is 0.752. The third-order valence-corrected chi connectivity index (χ3v) is 4.93. The molecule has 0 amide bonds. The number of hydrogen-bond donors (Lipinski definition) is 0. The van der Waals surface area contributed by atoms with Gasteiger partial charge in [-0.15, -0.1) is 11.6 Å². The van der Waals surface area contributed by atoms with Crippen molar-refractivity contribution >= 4 is 38.6 Å². The summed E-state index contributed by atoms with van der Waals surface area (Å²) in [5.74, 6) is 1.64. The molecule has 0 saturated heterocycles. The maximum absolute atomic E-state index is 5.93. The molecule has 0 atom stereocenters. The molecule has 3 rings (SSSR count). The summed E-state index contributed by atoms with van der Waals surface area (Å²) < 4.78 is 9.10. The molecular weight excluding hydrogens is 340 g/mol. The Kier molecular flexibility index (Phi) is 4.07. The van der Waals surface area contributed by atoms with Crippen LogP contribution in [0.15, 0.2) is 22.7 Å². The van der Waals surface area contributed by atoms with Gasteiger partial charge in [-0.3, -0.25) is 0 Å². The largest absolute Gasteiger partial charge is 0.376 e. The van der Waals surface area contributed by atoms with Crippen LogP contribution in [0.25, 0.3) is 11.0 Å². The molecule has 1 saturated carbocycles. The lowest BCUT2D eigenvalue weighted by Gasteiger charge is -2.41. The second kappa shape index (κ2) is 5.66. The molecule has 0 aliphatic heterocycles. The number of ether oxygens (including phenoxy) is 1. The Morgan fingerprint density at radius 3 is 2.85 bits per heavy atom. The van der Waals surface area contributed by atoms with E-state index in [9.17, 15) is 0 Å². The van der Waals surface area contributed by atoms with Gasteiger partial charge in [0.15, 0.2) is 0 Å². The highest BCUT2D eigenvalue weighted by molar-refractivity contribution is 9.10. The molecule has 1 aromatic carbocycles. The van der Waals surface area contributed by atoms with Gasteiger partial charge in [-0.1, -0.05) is 15.9 Å². The monoisotopic (exact) mass is 356 g/mol. The molecule has 20 heavy (non-hydrogen) atoms. The minimum absolute atomic E-state index is 0.0121. The average molecular weight is 358 g/mol. The second-order valence-corrected chi connectivity index (χ2v) is 6.72. The van der Waals surface area contributed by atoms with Gasteiger partial charge < -0.3 is 9.30 Å². The van der Waals surface area contributed by atoms with Crippen molar-refractivity contribution in [3.63, 3.8) is 0 Å². The molecule has 1 heterocycles. The molecule has 1 aliphatic rings. The minimum Gasteiger partial charge on any atom is -0.376 e. The van der Waals surface area contributed by atoms with E-state index < -0.39 is 0 Å². The van der Waals surface area contributed by atoms with Crippen LogP contribution >= 0.6 is 27.5 Å². The van der Waals surface area contributed by atoms with Crippen LogP contribution in [0.3, 0.4) is 0 Å². The van der Waals surface area contributed by atoms with E-state index in [4.69, 9.17) is 21.3 Å². The van der Waals surface area contributed by atoms with Crippen LogP contribution in [0.5, 0.6) is 0 Å². The SMILES string of the molecule is COC1(Cn2c(CCCl)nc3cc(Br)ccc32)CCC1. The summed E-state index contributed by atoms with van der Waals surface area (Å²) in [4.78, 5) is 4.73. The summed E-state index contributed by atoms with van der Waals surface area (Å²) in [7, 11) is 1.82. The Labute approximate surface area is 132 Å². The Balaban J connectivity index is 2.04. The maximum Gasteiger partial charge on any atom is 0.111 e. The first-order chi connectivity index (χ1) is 9.67. The van der Waals surface area contributed by atoms with Crippen molar-refractivity contribution in [2.75, 3.05) is 13.0 Å². The van der Waals surface area contributed by atoms with Crippen molar-refractivity contribution in [2.24, 2.45) is 0 Å². The van der Waals surface area contributed by atoms with Gasteiger partial charge in [-0.2, -0.15) is 0 Å². The van der Waals surface area contributed by atoms with E-state index in [2.05, 4.69) is 38.7 Å². The van der Waals surface area contributed by atoms with Crippen LogP contribution < -0.4 is 0 Å². The Bertz CT molecular complexity index is 616. The number of methoxy groups -OCH3 is 1. The van der Waals surface area contributed by atoms with Crippen molar-refractivity contribution in [2.45, 2.75) is 37.8 Å². The molecule has 1 aliphatic carbocycles. The van der Waals surface area contributed by atoms with Gasteiger partial charge in [0, 0.05) is 23.9 Å². The summed E-state index contributed by atoms with van der Waals surface area (Å²) in [5, 5.41) is 0. The van der Waals surface area contributed by atoms with E-state index in [1.807, 2.05) is 7.11 Å². The lowest BCUT2D eigenvalue weighted by Crippen LogP contribution is -2.43. The lowest BCUT2D eigenvalue weighted by atomic mass is 9.80. The second-order valence-electron chi connectivity index (χ2n) is 5.43. The molecule has 1 fully saturated rings. The van der Waals surface area contributed by atoms with Crippen molar-refractivity contribution < 1.29 is 4.74 Å². The molecule has 0 bridgehead atoms. The number of fused-ring (bicyclic) bond motifs is 1. The van der Waals surface area contributed by atoms with Crippen LogP contribution in [0.4, 0.5) is 0 Å². The van der Waals surface area contributed by atoms with E-state index in [-0.39, 0.29) is 5.60 Å². The topological polar surface area (TPSA) is 27.1 Å². The predicted octanol–water partition coefficient (Wildman–Crippen LogP) is 4.15. The first-order valence-electron chi connectivity index (χ1n) is 6.93. The van der Waals surface area contributed by atoms with Crippen molar-refractivity contribution in [1.29, 1.82) is 0 Å². The fraction of sp³-hybridized carbons (Fsp3) is 0.533. The molecule has 108 valence electrons. The van der Waals surface area contributed by atoms with Gasteiger partial charge in [-0.05, 0) is 37.5 Å². The zero-order valence-corrected chi connectivity index (χ0v) is 13.9. The zero-order valence-electron chi connectivity index (χ0n) is 11.5. The molecular formula is C15H18BrClN2O. The third kappa shape index (κ3) is 2.49. The number of alkyl halides is 1. The van der Waals surface area contributed by atoms with Gasteiger partial charge in [-0.25, -0.2) is 4.98 Å². The summed E-state index contributed by atoms with van der Waals surface area (Å²) in [6.45, 7) is 0.869. The summed E-state index contributed by atoms with van der Waals surface area (Å²) in [6, 6.07) is 6.24. The molecule has 2 aromatic rings. The molecule has 5 heteroatoms. The van der Waals surface area contributed by atoms with E-state index in [0.717, 1.165) is 47.1 Å². The third-order valence-electron chi connectivity index (χ3n) is 4.25. The van der Waals surface area contributed by atoms with Gasteiger partial charge >= 0.3 is 0 Å². The van der Waals surface area contributed by atoms with Gasteiger partial charge in [0.25, 0.3) is 0 Å². The Morgan fingerprint density at radius 2 is 2.25 bits per heavy atom. The standard InChI is InChI=1S/C15H18BrClN2O/c1-20-15(6-2-7-15)10-19-13-4-3-11(16)9-12(13)18-14(19)5-8-17/h3-4,9H,2,5-8,10H2,1H3. The normalized spacial score (nSPS) is 17.4. The van der Waals surface area contributed by atoms with Crippen LogP contribution in [-0.4, -0.2) is 28.1 Å². The highest BCUT2D eigenvalue weighted by Crippen LogP contribution is 2.37. The summed E-state index contributed by atoms with van der Waals surface area (Å²) in [6.07, 6.45) is 4.28. The van der Waals surface area contributed by atoms with Gasteiger partial charge in [0.05, 0.1) is 23.2 Å². The van der Waals surface area contributed by atoms with E-state index >= 15 is 0 Å². The number of nitrogens with zero attached hydrogens (tertiary/aromatic N) is 2. The molecule has 0 N–H and O–H groups in total. The zero-order chi connectivity index (χ0) is 14.2. The van der Waals surface area contributed by atoms with Crippen LogP contribution in [0.1, 0.15) is 25.1 Å². The molecule has 0 spiro atoms. The predicted molar refractivity (Wildman–Crippen MR) is 85.4 cm³/mol. The fourth-order valence-electron chi connectivity index (χ4n) is 2.89. The molecule has 3 nitrogen and oxygen atoms in total. The summed E-state index contributed by atoms with van der Waals surface area (Å²) >= 11 is 9.43. The fourth-order valence-corrected chi connectivity index (χ4v) is 3.41. The highest BCUT2D eigenvalue weighted by Gasteiger charge is 2.38. The first-order valence-corrected chi connectivity index (χ1v) is 8.26. The highest BCUT2D eigenvalue weighted by atomic mass is 79.9. The van der Waals surface area contributed by atoms with Crippen molar-refractivity contribution in [3.8, 4) is 0 Å². The Hall–Kier alpha value is -0.580. The number of aromatic nitrogens is 2. The van der Waals surface area contributed by atoms with Crippen molar-refractivity contribution in [3.05, 3.63) is 28.5 Å². The van der Waals surface area contributed by atoms with Crippen molar-refractivity contribution in [1.82, 2.24) is 9.55 Å². The first kappa shape index (κ1) is 14.4. The van der Waals surface area contributed by atoms with Crippen LogP contribution in [0.2, 0.25) is 0 Å². The van der Waals surface area contributed by atoms with Gasteiger partial charge in [0.1, 0.15) is 5.82 Å². The molecule has 1 aromatic heterocycles. The van der Waals surface area contributed by atoms with E-state index in [1.165, 1.54) is 6.42 Å². The Morgan fingerprint density at radius 1 is 1.45 bits per heavy atom. The van der Waals surface area contributed by atoms with Gasteiger partial charge in [0.2, 0.25) is 0 Å². The molecule has 0 radical (unpaired) electrons.